The number of rotatable bonds is 3. The van der Waals surface area contributed by atoms with Gasteiger partial charge in [0.15, 0.2) is 0 Å². The van der Waals surface area contributed by atoms with Crippen LogP contribution in [0.15, 0.2) is 248 Å². The van der Waals surface area contributed by atoms with Gasteiger partial charge in [-0.25, -0.2) is 0 Å². The zero-order valence-corrected chi connectivity index (χ0v) is 42.6. The minimum atomic E-state index is 0.821. The molecule has 16 aromatic carbocycles. The van der Waals surface area contributed by atoms with E-state index in [1.807, 2.05) is 0 Å². The van der Waals surface area contributed by atoms with Gasteiger partial charge in [0.2, 0.25) is 0 Å². The summed E-state index contributed by atoms with van der Waals surface area (Å²) in [6, 6.07) is 83.6. The first-order valence-electron chi connectivity index (χ1n) is 27.5. The number of hydrogen-bond donors (Lipinski definition) is 0. The largest absolute Gasteiger partial charge is 0.455 e. The molecule has 0 bridgehead atoms. The molecule has 0 unspecified atom stereocenters. The molecule has 0 saturated carbocycles. The van der Waals surface area contributed by atoms with Crippen LogP contribution in [0.5, 0.6) is 0 Å². The maximum atomic E-state index is 7.58. The zero-order valence-electron chi connectivity index (χ0n) is 42.6. The lowest BCUT2D eigenvalue weighted by atomic mass is 9.80. The molecule has 366 valence electrons. The fourth-order valence-electron chi connectivity index (χ4n) is 14.9. The fraction of sp³-hybridized carbons (Fsp3) is 0. The maximum absolute atomic E-state index is 7.58. The lowest BCUT2D eigenvalue weighted by Crippen LogP contribution is -2.00. The summed E-state index contributed by atoms with van der Waals surface area (Å²) >= 11 is 0. The molecule has 4 nitrogen and oxygen atoms in total. The SMILES string of the molecule is c1ccc2c(-c3cc4oc5c6ccccc6c(-c6c7ccccc7c7oc8cc(-c9cccc%10ccccc9%10)c9cc%10ccccc%10c%10oc%11ccc6c7c%11-c8c9%10)c6ccc7oc8c9ccccc9cc3c8c4-c7c65)cccc2c1. The van der Waals surface area contributed by atoms with Crippen molar-refractivity contribution in [2.75, 3.05) is 0 Å². The lowest BCUT2D eigenvalue weighted by Gasteiger charge is -2.26. The van der Waals surface area contributed by atoms with E-state index in [0.717, 1.165) is 186 Å². The highest BCUT2D eigenvalue weighted by Gasteiger charge is 2.34. The molecule has 0 atom stereocenters. The average Bonchev–Trinajstić information content (AvgIpc) is 3.70. The van der Waals surface area contributed by atoms with Crippen molar-refractivity contribution < 1.29 is 17.7 Å². The third-order valence-corrected chi connectivity index (χ3v) is 18.1. The van der Waals surface area contributed by atoms with Crippen molar-refractivity contribution in [3.8, 4) is 55.6 Å². The Morgan fingerprint density at radius 3 is 0.950 bits per heavy atom. The Hall–Kier alpha value is -10.7. The van der Waals surface area contributed by atoms with Crippen molar-refractivity contribution in [2.24, 2.45) is 0 Å². The predicted octanol–water partition coefficient (Wildman–Crippen LogP) is 22.3. The van der Waals surface area contributed by atoms with E-state index < -0.39 is 0 Å². The first kappa shape index (κ1) is 41.5. The monoisotopic (exact) mass is 1010 g/mol. The Morgan fingerprint density at radius 2 is 0.500 bits per heavy atom. The van der Waals surface area contributed by atoms with Gasteiger partial charge in [-0.1, -0.05) is 182 Å². The third-order valence-electron chi connectivity index (χ3n) is 18.1. The molecule has 0 saturated heterocycles. The fourth-order valence-corrected chi connectivity index (χ4v) is 14.9. The number of benzene rings is 16. The smallest absolute Gasteiger partial charge is 0.143 e. The highest BCUT2D eigenvalue weighted by Crippen LogP contribution is 2.59. The van der Waals surface area contributed by atoms with Gasteiger partial charge >= 0.3 is 0 Å². The minimum absolute atomic E-state index is 0.821. The average molecular weight is 1020 g/mol. The summed E-state index contributed by atoms with van der Waals surface area (Å²) in [7, 11) is 0. The van der Waals surface area contributed by atoms with E-state index in [-0.39, 0.29) is 0 Å². The highest BCUT2D eigenvalue weighted by atomic mass is 16.3. The van der Waals surface area contributed by atoms with E-state index in [1.165, 1.54) is 21.5 Å². The molecule has 0 spiro atoms. The van der Waals surface area contributed by atoms with E-state index >= 15 is 0 Å². The minimum Gasteiger partial charge on any atom is -0.455 e. The van der Waals surface area contributed by atoms with Gasteiger partial charge < -0.3 is 17.7 Å². The van der Waals surface area contributed by atoms with Crippen LogP contribution in [0.2, 0.25) is 0 Å². The zero-order chi connectivity index (χ0) is 51.6. The second kappa shape index (κ2) is 14.7. The summed E-state index contributed by atoms with van der Waals surface area (Å²) in [6.07, 6.45) is 0. The Balaban J connectivity index is 0.948. The van der Waals surface area contributed by atoms with Crippen molar-refractivity contribution in [3.63, 3.8) is 0 Å². The summed E-state index contributed by atoms with van der Waals surface area (Å²) in [5.41, 5.74) is 17.7. The van der Waals surface area contributed by atoms with Crippen LogP contribution >= 0.6 is 0 Å². The molecule has 4 aliphatic heterocycles. The molecular formula is C76H38O4. The van der Waals surface area contributed by atoms with Crippen LogP contribution in [-0.4, -0.2) is 0 Å². The Kier molecular flexibility index (Phi) is 7.60. The van der Waals surface area contributed by atoms with Gasteiger partial charge in [0.25, 0.3) is 0 Å². The van der Waals surface area contributed by atoms with Gasteiger partial charge in [0.05, 0.1) is 0 Å². The van der Waals surface area contributed by atoms with Crippen molar-refractivity contribution in [2.45, 2.75) is 0 Å². The highest BCUT2D eigenvalue weighted by molar-refractivity contribution is 6.39. The van der Waals surface area contributed by atoms with E-state index in [4.69, 9.17) is 17.7 Å². The molecule has 0 amide bonds. The summed E-state index contributed by atoms with van der Waals surface area (Å²) < 4.78 is 29.9. The number of fused-ring (bicyclic) bond motifs is 10. The van der Waals surface area contributed by atoms with Crippen molar-refractivity contribution >= 4 is 152 Å². The van der Waals surface area contributed by atoms with Gasteiger partial charge in [-0.15, -0.1) is 0 Å². The first-order chi connectivity index (χ1) is 39.7. The Morgan fingerprint density at radius 1 is 0.175 bits per heavy atom. The summed E-state index contributed by atoms with van der Waals surface area (Å²) in [5.74, 6) is 0. The van der Waals surface area contributed by atoms with Gasteiger partial charge in [0, 0.05) is 65.3 Å². The third kappa shape index (κ3) is 5.08. The van der Waals surface area contributed by atoms with Crippen molar-refractivity contribution in [1.82, 2.24) is 0 Å². The molecule has 4 aliphatic rings. The van der Waals surface area contributed by atoms with E-state index in [0.29, 0.717) is 0 Å². The first-order valence-corrected chi connectivity index (χ1v) is 27.5. The molecule has 0 aliphatic carbocycles. The second-order valence-corrected chi connectivity index (χ2v) is 22.0. The lowest BCUT2D eigenvalue weighted by molar-refractivity contribution is 0.650. The molecule has 20 rings (SSSR count). The molecule has 4 heterocycles. The van der Waals surface area contributed by atoms with Crippen LogP contribution in [0, 0.1) is 0 Å². The van der Waals surface area contributed by atoms with Crippen molar-refractivity contribution in [1.29, 1.82) is 0 Å². The summed E-state index contributed by atoms with van der Waals surface area (Å²) in [4.78, 5) is 0. The van der Waals surface area contributed by atoms with Crippen molar-refractivity contribution in [3.05, 3.63) is 231 Å². The molecule has 80 heavy (non-hydrogen) atoms. The van der Waals surface area contributed by atoms with Gasteiger partial charge in [-0.3, -0.25) is 0 Å². The van der Waals surface area contributed by atoms with Gasteiger partial charge in [-0.05, 0) is 147 Å². The van der Waals surface area contributed by atoms with Gasteiger partial charge in [0.1, 0.15) is 44.7 Å². The molecule has 4 heteroatoms. The second-order valence-electron chi connectivity index (χ2n) is 22.0. The normalized spacial score (nSPS) is 12.8. The van der Waals surface area contributed by atoms with Gasteiger partial charge in [-0.2, -0.15) is 0 Å². The molecule has 0 fully saturated rings. The summed E-state index contributed by atoms with van der Waals surface area (Å²) in [5, 5.41) is 22.1. The molecular weight excluding hydrogens is 977 g/mol. The molecule has 0 radical (unpaired) electrons. The van der Waals surface area contributed by atoms with Crippen LogP contribution < -0.4 is 0 Å². The Bertz CT molecular complexity index is 5650. The molecule has 0 aromatic heterocycles. The summed E-state index contributed by atoms with van der Waals surface area (Å²) in [6.45, 7) is 0. The molecule has 16 aromatic rings. The number of hydrogen-bond acceptors (Lipinski definition) is 4. The van der Waals surface area contributed by atoms with Crippen LogP contribution in [-0.2, 0) is 0 Å². The predicted molar refractivity (Wildman–Crippen MR) is 333 cm³/mol. The standard InChI is InChI=1S/C76H38O4/c1-5-21-43-39(15-1)19-13-29-47(43)55-37-61-71-67-57(55)35-41-17-3-7-23-45(41)73(67)77-59-33-31-53-63(49-25-9-11-27-51(49)75(79-61)65(53)69(59)71)64-50-26-10-12-28-52(50)76-66-54(64)32-34-60-70(66)72-62(80-76)38-56(48-30-14-20-40-16-2-6-22-44(40)48)58-36-42-18-4-8-24-46(42)74(78-60)68(58)72/h1-38H. The molecule has 0 N–H and O–H groups in total. The topological polar surface area (TPSA) is 52.6 Å². The van der Waals surface area contributed by atoms with E-state index in [1.54, 1.807) is 0 Å². The van der Waals surface area contributed by atoms with E-state index in [2.05, 4.69) is 231 Å². The van der Waals surface area contributed by atoms with Crippen LogP contribution in [0.1, 0.15) is 0 Å². The quantitative estimate of drug-likeness (QED) is 0.131. The van der Waals surface area contributed by atoms with E-state index in [9.17, 15) is 0 Å². The maximum Gasteiger partial charge on any atom is 0.143 e. The Labute approximate surface area is 453 Å². The van der Waals surface area contributed by atoms with Crippen LogP contribution in [0.3, 0.4) is 0 Å². The van der Waals surface area contributed by atoms with Crippen LogP contribution in [0.25, 0.3) is 208 Å². The van der Waals surface area contributed by atoms with Crippen LogP contribution in [0.4, 0.5) is 0 Å².